The summed E-state index contributed by atoms with van der Waals surface area (Å²) in [6.07, 6.45) is -4.64. The third kappa shape index (κ3) is 5.05. The minimum absolute atomic E-state index is 0.0356. The number of nitrogen functional groups attached to an aromatic ring is 1. The Hall–Kier alpha value is -2.93. The van der Waals surface area contributed by atoms with Crippen molar-refractivity contribution in [2.45, 2.75) is 42.2 Å². The summed E-state index contributed by atoms with van der Waals surface area (Å²) in [5.74, 6) is -0.933. The molecule has 0 bridgehead atoms. The van der Waals surface area contributed by atoms with E-state index in [1.54, 1.807) is 6.07 Å². The molecule has 0 spiro atoms. The van der Waals surface area contributed by atoms with E-state index in [9.17, 15) is 18.0 Å². The number of halogens is 3. The SMILES string of the molecule is CC(C)(C)c1ccc(Sc2ccc(-c3c(C(N)=O)cccc3C(F)(F)F)cc2N)cc1. The number of amides is 1. The molecule has 3 aromatic rings. The van der Waals surface area contributed by atoms with Gasteiger partial charge in [-0.25, -0.2) is 0 Å². The van der Waals surface area contributed by atoms with Crippen LogP contribution in [0.25, 0.3) is 11.1 Å². The van der Waals surface area contributed by atoms with E-state index in [-0.39, 0.29) is 22.1 Å². The summed E-state index contributed by atoms with van der Waals surface area (Å²) in [7, 11) is 0. The number of primary amides is 1. The molecular formula is C24H23F3N2OS. The average molecular weight is 445 g/mol. The van der Waals surface area contributed by atoms with Gasteiger partial charge in [0.1, 0.15) is 0 Å². The van der Waals surface area contributed by atoms with Gasteiger partial charge >= 0.3 is 6.18 Å². The van der Waals surface area contributed by atoms with Crippen LogP contribution in [-0.2, 0) is 11.6 Å². The molecule has 0 unspecified atom stereocenters. The zero-order chi connectivity index (χ0) is 23.0. The fourth-order valence-corrected chi connectivity index (χ4v) is 4.09. The van der Waals surface area contributed by atoms with Gasteiger partial charge in [-0.15, -0.1) is 0 Å². The molecule has 31 heavy (non-hydrogen) atoms. The number of hydrogen-bond donors (Lipinski definition) is 2. The van der Waals surface area contributed by atoms with Gasteiger partial charge in [0.15, 0.2) is 0 Å². The van der Waals surface area contributed by atoms with Crippen molar-refractivity contribution in [1.82, 2.24) is 0 Å². The molecule has 3 aromatic carbocycles. The maximum Gasteiger partial charge on any atom is 0.417 e. The molecule has 0 atom stereocenters. The number of anilines is 1. The summed E-state index contributed by atoms with van der Waals surface area (Å²) in [6, 6.07) is 16.1. The normalized spacial score (nSPS) is 12.1. The largest absolute Gasteiger partial charge is 0.417 e. The van der Waals surface area contributed by atoms with Gasteiger partial charge in [-0.3, -0.25) is 4.79 Å². The van der Waals surface area contributed by atoms with Crippen molar-refractivity contribution >= 4 is 23.4 Å². The Morgan fingerprint density at radius 3 is 2.10 bits per heavy atom. The van der Waals surface area contributed by atoms with Crippen molar-refractivity contribution in [2.75, 3.05) is 5.73 Å². The van der Waals surface area contributed by atoms with Crippen LogP contribution >= 0.6 is 11.8 Å². The van der Waals surface area contributed by atoms with Gasteiger partial charge in [0.2, 0.25) is 5.91 Å². The molecule has 162 valence electrons. The van der Waals surface area contributed by atoms with Gasteiger partial charge < -0.3 is 11.5 Å². The number of carbonyl (C=O) groups is 1. The second-order valence-electron chi connectivity index (χ2n) is 8.22. The van der Waals surface area contributed by atoms with Crippen LogP contribution in [0.1, 0.15) is 42.3 Å². The smallest absolute Gasteiger partial charge is 0.398 e. The minimum Gasteiger partial charge on any atom is -0.398 e. The molecule has 4 N–H and O–H groups in total. The Labute approximate surface area is 183 Å². The van der Waals surface area contributed by atoms with Crippen LogP contribution in [-0.4, -0.2) is 5.91 Å². The summed E-state index contributed by atoms with van der Waals surface area (Å²) in [4.78, 5) is 13.4. The zero-order valence-corrected chi connectivity index (χ0v) is 18.2. The number of hydrogen-bond acceptors (Lipinski definition) is 3. The molecule has 0 heterocycles. The number of nitrogens with two attached hydrogens (primary N) is 2. The van der Waals surface area contributed by atoms with Crippen molar-refractivity contribution in [3.63, 3.8) is 0 Å². The lowest BCUT2D eigenvalue weighted by Crippen LogP contribution is -2.16. The molecule has 3 rings (SSSR count). The van der Waals surface area contributed by atoms with Gasteiger partial charge in [0.05, 0.1) is 5.56 Å². The van der Waals surface area contributed by atoms with Crippen LogP contribution in [0.5, 0.6) is 0 Å². The lowest BCUT2D eigenvalue weighted by atomic mass is 9.87. The third-order valence-electron chi connectivity index (χ3n) is 4.88. The average Bonchev–Trinajstić information content (AvgIpc) is 2.68. The van der Waals surface area contributed by atoms with Gasteiger partial charge in [-0.2, -0.15) is 13.2 Å². The Balaban J connectivity index is 1.99. The molecule has 0 aliphatic carbocycles. The van der Waals surface area contributed by atoms with Crippen LogP contribution in [0.3, 0.4) is 0 Å². The van der Waals surface area contributed by atoms with E-state index in [2.05, 4.69) is 20.8 Å². The Morgan fingerprint density at radius 2 is 1.58 bits per heavy atom. The first kappa shape index (κ1) is 22.7. The van der Waals surface area contributed by atoms with E-state index in [1.807, 2.05) is 24.3 Å². The van der Waals surface area contributed by atoms with Crippen molar-refractivity contribution in [3.05, 3.63) is 77.4 Å². The third-order valence-corrected chi connectivity index (χ3v) is 5.98. The van der Waals surface area contributed by atoms with Gasteiger partial charge in [0, 0.05) is 26.6 Å². The topological polar surface area (TPSA) is 69.1 Å². The van der Waals surface area contributed by atoms with E-state index in [1.165, 1.54) is 41.6 Å². The highest BCUT2D eigenvalue weighted by Gasteiger charge is 2.35. The zero-order valence-electron chi connectivity index (χ0n) is 17.4. The van der Waals surface area contributed by atoms with E-state index in [4.69, 9.17) is 11.5 Å². The second kappa shape index (κ2) is 8.30. The van der Waals surface area contributed by atoms with E-state index in [0.717, 1.165) is 11.0 Å². The molecule has 7 heteroatoms. The standard InChI is InChI=1S/C24H23F3N2OS/c1-23(2,3)15-8-10-16(11-9-15)31-20-12-7-14(13-19(20)28)21-17(22(29)30)5-4-6-18(21)24(25,26)27/h4-13H,28H2,1-3H3,(H2,29,30). The molecule has 0 saturated carbocycles. The van der Waals surface area contributed by atoms with Crippen LogP contribution in [0.4, 0.5) is 18.9 Å². The number of carbonyl (C=O) groups excluding carboxylic acids is 1. The molecule has 1 amide bonds. The fraction of sp³-hybridized carbons (Fsp3) is 0.208. The van der Waals surface area contributed by atoms with Gasteiger partial charge in [0.25, 0.3) is 0 Å². The predicted molar refractivity (Wildman–Crippen MR) is 119 cm³/mol. The van der Waals surface area contributed by atoms with Crippen molar-refractivity contribution in [3.8, 4) is 11.1 Å². The molecule has 0 radical (unpaired) electrons. The highest BCUT2D eigenvalue weighted by molar-refractivity contribution is 7.99. The van der Waals surface area contributed by atoms with Crippen LogP contribution < -0.4 is 11.5 Å². The molecule has 0 saturated heterocycles. The van der Waals surface area contributed by atoms with Crippen molar-refractivity contribution in [1.29, 1.82) is 0 Å². The van der Waals surface area contributed by atoms with Crippen LogP contribution in [0.15, 0.2) is 70.5 Å². The Bertz CT molecular complexity index is 1120. The summed E-state index contributed by atoms with van der Waals surface area (Å²) in [6.45, 7) is 6.39. The molecule has 0 aliphatic rings. The summed E-state index contributed by atoms with van der Waals surface area (Å²) in [5, 5.41) is 0. The first-order valence-electron chi connectivity index (χ1n) is 9.56. The van der Waals surface area contributed by atoms with E-state index < -0.39 is 17.6 Å². The molecule has 0 fully saturated rings. The van der Waals surface area contributed by atoms with Crippen LogP contribution in [0.2, 0.25) is 0 Å². The molecule has 0 aliphatic heterocycles. The van der Waals surface area contributed by atoms with Crippen molar-refractivity contribution in [2.24, 2.45) is 5.73 Å². The Morgan fingerprint density at radius 1 is 0.935 bits per heavy atom. The van der Waals surface area contributed by atoms with E-state index >= 15 is 0 Å². The second-order valence-corrected chi connectivity index (χ2v) is 9.33. The molecular weight excluding hydrogens is 421 g/mol. The predicted octanol–water partition coefficient (Wildman–Crippen LogP) is 6.50. The highest BCUT2D eigenvalue weighted by Crippen LogP contribution is 2.41. The summed E-state index contributed by atoms with van der Waals surface area (Å²) in [5.41, 5.74) is 11.8. The maximum atomic E-state index is 13.6. The minimum atomic E-state index is -4.64. The Kier molecular flexibility index (Phi) is 6.09. The first-order chi connectivity index (χ1) is 14.4. The summed E-state index contributed by atoms with van der Waals surface area (Å²) < 4.78 is 40.7. The van der Waals surface area contributed by atoms with Crippen molar-refractivity contribution < 1.29 is 18.0 Å². The van der Waals surface area contributed by atoms with Crippen LogP contribution in [0, 0.1) is 0 Å². The van der Waals surface area contributed by atoms with Gasteiger partial charge in [-0.05, 0) is 52.9 Å². The first-order valence-corrected chi connectivity index (χ1v) is 10.4. The number of rotatable bonds is 4. The molecule has 3 nitrogen and oxygen atoms in total. The fourth-order valence-electron chi connectivity index (χ4n) is 3.25. The summed E-state index contributed by atoms with van der Waals surface area (Å²) >= 11 is 1.42. The number of alkyl halides is 3. The lowest BCUT2D eigenvalue weighted by molar-refractivity contribution is -0.137. The molecule has 0 aromatic heterocycles. The lowest BCUT2D eigenvalue weighted by Gasteiger charge is -2.19. The number of benzene rings is 3. The van der Waals surface area contributed by atoms with E-state index in [0.29, 0.717) is 10.6 Å². The maximum absolute atomic E-state index is 13.6. The highest BCUT2D eigenvalue weighted by atomic mass is 32.2. The quantitative estimate of drug-likeness (QED) is 0.451. The monoisotopic (exact) mass is 444 g/mol. The van der Waals surface area contributed by atoms with Gasteiger partial charge in [-0.1, -0.05) is 56.8 Å².